The lowest BCUT2D eigenvalue weighted by molar-refractivity contribution is -0.141. The quantitative estimate of drug-likeness (QED) is 0.162. The van der Waals surface area contributed by atoms with E-state index in [0.717, 1.165) is 12.2 Å². The van der Waals surface area contributed by atoms with Crippen LogP contribution < -0.4 is 9.47 Å². The predicted molar refractivity (Wildman–Crippen MR) is 136 cm³/mol. The number of ketones is 2. The molecular weight excluding hydrogens is 496 g/mol. The van der Waals surface area contributed by atoms with Gasteiger partial charge in [0.15, 0.2) is 11.6 Å². The fraction of sp³-hybridized carbons (Fsp3) is 0.357. The van der Waals surface area contributed by atoms with Crippen molar-refractivity contribution in [1.82, 2.24) is 0 Å². The van der Waals surface area contributed by atoms with Crippen molar-refractivity contribution in [2.75, 3.05) is 26.4 Å². The van der Waals surface area contributed by atoms with E-state index in [9.17, 15) is 29.4 Å². The van der Waals surface area contributed by atoms with Gasteiger partial charge in [0.2, 0.25) is 0 Å². The molecule has 0 radical (unpaired) electrons. The molecule has 0 aliphatic rings. The maximum absolute atomic E-state index is 12.0. The topological polar surface area (TPSA) is 146 Å². The molecule has 2 aromatic carbocycles. The molecule has 0 atom stereocenters. The lowest BCUT2D eigenvalue weighted by atomic mass is 9.97. The number of hydrogen-bond donors (Lipinski definition) is 2. The third-order valence-electron chi connectivity index (χ3n) is 4.89. The molecular formula is C28H32O10. The molecule has 0 aliphatic heterocycles. The van der Waals surface area contributed by atoms with Gasteiger partial charge in [0.05, 0.1) is 0 Å². The number of benzene rings is 2. The van der Waals surface area contributed by atoms with Crippen molar-refractivity contribution >= 4 is 23.5 Å². The standard InChI is InChI=1S/C28H32O10/c1-27(2,33)25(31)19-5-9-21(10-6-19)35-15-17-37-23(29)13-14-24(30)38-18-16-36-22-11-7-20(8-12-22)26(32)28(3,4)34/h5-14,33-34H,15-18H2,1-4H3/b14-13-. The molecule has 0 unspecified atom stereocenters. The minimum absolute atomic E-state index is 0.0487. The Labute approximate surface area is 220 Å². The molecule has 2 N–H and O–H groups in total. The first kappa shape index (κ1) is 30.2. The summed E-state index contributed by atoms with van der Waals surface area (Å²) in [4.78, 5) is 47.5. The summed E-state index contributed by atoms with van der Waals surface area (Å²) >= 11 is 0. The summed E-state index contributed by atoms with van der Waals surface area (Å²) in [5.74, 6) is -1.43. The van der Waals surface area contributed by atoms with Crippen molar-refractivity contribution < 1.29 is 48.3 Å². The Balaban J connectivity index is 1.62. The van der Waals surface area contributed by atoms with Gasteiger partial charge < -0.3 is 29.2 Å². The molecule has 2 rings (SSSR count). The fourth-order valence-corrected chi connectivity index (χ4v) is 2.95. The summed E-state index contributed by atoms with van der Waals surface area (Å²) in [5.41, 5.74) is -2.26. The highest BCUT2D eigenvalue weighted by Gasteiger charge is 2.25. The van der Waals surface area contributed by atoms with Gasteiger partial charge in [-0.2, -0.15) is 0 Å². The van der Waals surface area contributed by atoms with E-state index < -0.39 is 34.7 Å². The molecule has 0 amide bonds. The zero-order valence-corrected chi connectivity index (χ0v) is 21.8. The molecule has 2 aromatic rings. The first-order valence-corrected chi connectivity index (χ1v) is 11.8. The number of aliphatic hydroxyl groups is 2. The molecule has 38 heavy (non-hydrogen) atoms. The summed E-state index contributed by atoms with van der Waals surface area (Å²) in [5, 5.41) is 19.5. The lowest BCUT2D eigenvalue weighted by Gasteiger charge is -2.15. The molecule has 0 bridgehead atoms. The zero-order valence-electron chi connectivity index (χ0n) is 21.8. The highest BCUT2D eigenvalue weighted by atomic mass is 16.6. The Morgan fingerprint density at radius 1 is 0.605 bits per heavy atom. The van der Waals surface area contributed by atoms with Gasteiger partial charge in [-0.25, -0.2) is 9.59 Å². The minimum atomic E-state index is -1.47. The van der Waals surface area contributed by atoms with E-state index in [1.54, 1.807) is 24.3 Å². The van der Waals surface area contributed by atoms with Crippen molar-refractivity contribution in [3.05, 3.63) is 71.8 Å². The maximum atomic E-state index is 12.0. The van der Waals surface area contributed by atoms with Crippen LogP contribution in [0, 0.1) is 0 Å². The Morgan fingerprint density at radius 3 is 1.21 bits per heavy atom. The van der Waals surface area contributed by atoms with Crippen LogP contribution in [0.5, 0.6) is 11.5 Å². The van der Waals surface area contributed by atoms with E-state index in [0.29, 0.717) is 22.6 Å². The number of carbonyl (C=O) groups is 4. The first-order chi connectivity index (χ1) is 17.8. The smallest absolute Gasteiger partial charge is 0.331 e. The van der Waals surface area contributed by atoms with Gasteiger partial charge in [0, 0.05) is 23.3 Å². The minimum Gasteiger partial charge on any atom is -0.490 e. The Hall–Kier alpha value is -4.02. The van der Waals surface area contributed by atoms with Crippen LogP contribution in [0.4, 0.5) is 0 Å². The number of ether oxygens (including phenoxy) is 4. The van der Waals surface area contributed by atoms with Crippen LogP contribution in [0.2, 0.25) is 0 Å². The molecule has 10 heteroatoms. The third-order valence-corrected chi connectivity index (χ3v) is 4.89. The highest BCUT2D eigenvalue weighted by Crippen LogP contribution is 2.18. The molecule has 0 saturated heterocycles. The van der Waals surface area contributed by atoms with Gasteiger partial charge in [0.1, 0.15) is 49.1 Å². The largest absolute Gasteiger partial charge is 0.490 e. The van der Waals surface area contributed by atoms with Crippen LogP contribution in [0.3, 0.4) is 0 Å². The number of rotatable bonds is 14. The summed E-state index contributed by atoms with van der Waals surface area (Å²) in [6.45, 7) is 5.58. The summed E-state index contributed by atoms with van der Waals surface area (Å²) in [7, 11) is 0. The molecule has 0 aliphatic carbocycles. The van der Waals surface area contributed by atoms with E-state index in [1.165, 1.54) is 52.0 Å². The number of carbonyl (C=O) groups excluding carboxylic acids is 4. The van der Waals surface area contributed by atoms with Crippen molar-refractivity contribution in [1.29, 1.82) is 0 Å². The second kappa shape index (κ2) is 13.5. The van der Waals surface area contributed by atoms with Crippen LogP contribution >= 0.6 is 0 Å². The summed E-state index contributed by atoms with van der Waals surface area (Å²) in [6, 6.07) is 12.4. The van der Waals surface area contributed by atoms with Crippen LogP contribution in [-0.4, -0.2) is 71.3 Å². The second-order valence-corrected chi connectivity index (χ2v) is 9.19. The first-order valence-electron chi connectivity index (χ1n) is 11.8. The number of Topliss-reactive ketones (excluding diaryl/α,β-unsaturated/α-hetero) is 2. The van der Waals surface area contributed by atoms with E-state index in [4.69, 9.17) is 18.9 Å². The number of hydrogen-bond acceptors (Lipinski definition) is 10. The number of esters is 2. The normalized spacial score (nSPS) is 11.6. The SMILES string of the molecule is CC(C)(O)C(=O)c1ccc(OCCOC(=O)/C=C\C(=O)OCCOc2ccc(C(=O)C(C)(C)O)cc2)cc1. The van der Waals surface area contributed by atoms with Crippen molar-refractivity contribution in [3.63, 3.8) is 0 Å². The van der Waals surface area contributed by atoms with E-state index in [1.807, 2.05) is 0 Å². The maximum Gasteiger partial charge on any atom is 0.331 e. The van der Waals surface area contributed by atoms with Gasteiger partial charge >= 0.3 is 11.9 Å². The average molecular weight is 529 g/mol. The molecule has 0 aromatic heterocycles. The lowest BCUT2D eigenvalue weighted by Crippen LogP contribution is -2.30. The third kappa shape index (κ3) is 10.2. The van der Waals surface area contributed by atoms with E-state index in [-0.39, 0.29) is 26.4 Å². The summed E-state index contributed by atoms with van der Waals surface area (Å²) < 4.78 is 20.7. The van der Waals surface area contributed by atoms with Crippen molar-refractivity contribution in [2.45, 2.75) is 38.9 Å². The van der Waals surface area contributed by atoms with Gasteiger partial charge in [-0.1, -0.05) is 0 Å². The van der Waals surface area contributed by atoms with Gasteiger partial charge in [-0.3, -0.25) is 9.59 Å². The van der Waals surface area contributed by atoms with Gasteiger partial charge in [-0.15, -0.1) is 0 Å². The Kier molecular flexibility index (Phi) is 10.7. The molecule has 0 saturated carbocycles. The molecule has 0 fully saturated rings. The van der Waals surface area contributed by atoms with Crippen molar-refractivity contribution in [3.8, 4) is 11.5 Å². The molecule has 0 heterocycles. The summed E-state index contributed by atoms with van der Waals surface area (Å²) in [6.07, 6.45) is 1.86. The fourth-order valence-electron chi connectivity index (χ4n) is 2.95. The van der Waals surface area contributed by atoms with E-state index in [2.05, 4.69) is 0 Å². The molecule has 204 valence electrons. The monoisotopic (exact) mass is 528 g/mol. The molecule has 0 spiro atoms. The van der Waals surface area contributed by atoms with Crippen LogP contribution in [0.25, 0.3) is 0 Å². The van der Waals surface area contributed by atoms with Gasteiger partial charge in [-0.05, 0) is 76.2 Å². The van der Waals surface area contributed by atoms with Crippen molar-refractivity contribution in [2.24, 2.45) is 0 Å². The Bertz CT molecular complexity index is 1040. The van der Waals surface area contributed by atoms with E-state index >= 15 is 0 Å². The van der Waals surface area contributed by atoms with Gasteiger partial charge in [0.25, 0.3) is 0 Å². The van der Waals surface area contributed by atoms with Crippen LogP contribution in [0.15, 0.2) is 60.7 Å². The Morgan fingerprint density at radius 2 is 0.921 bits per heavy atom. The predicted octanol–water partition coefficient (Wildman–Crippen LogP) is 2.69. The van der Waals surface area contributed by atoms with Crippen LogP contribution in [0.1, 0.15) is 48.4 Å². The average Bonchev–Trinajstić information content (AvgIpc) is 2.86. The zero-order chi connectivity index (χ0) is 28.3. The second-order valence-electron chi connectivity index (χ2n) is 9.19. The molecule has 10 nitrogen and oxygen atoms in total. The highest BCUT2D eigenvalue weighted by molar-refractivity contribution is 6.02. The van der Waals surface area contributed by atoms with Crippen LogP contribution in [-0.2, 0) is 19.1 Å².